The number of ether oxygens (including phenoxy) is 1. The second-order valence-corrected chi connectivity index (χ2v) is 7.33. The van der Waals surface area contributed by atoms with Gasteiger partial charge in [0.2, 0.25) is 5.91 Å². The summed E-state index contributed by atoms with van der Waals surface area (Å²) in [6.45, 7) is 4.90. The highest BCUT2D eigenvalue weighted by Crippen LogP contribution is 2.19. The second-order valence-electron chi connectivity index (χ2n) is 7.33. The van der Waals surface area contributed by atoms with Crippen molar-refractivity contribution in [1.82, 2.24) is 10.2 Å². The molecule has 0 saturated carbocycles. The lowest BCUT2D eigenvalue weighted by Crippen LogP contribution is -2.48. The van der Waals surface area contributed by atoms with Gasteiger partial charge in [-0.15, -0.1) is 0 Å². The molecule has 2 N–H and O–H groups in total. The monoisotopic (exact) mass is 376 g/mol. The third-order valence-electron chi connectivity index (χ3n) is 4.65. The number of benzene rings is 1. The molecule has 0 unspecified atom stereocenters. The fourth-order valence-electron chi connectivity index (χ4n) is 3.12. The average Bonchev–Trinajstić information content (AvgIpc) is 2.66. The lowest BCUT2D eigenvalue weighted by molar-refractivity contribution is -0.143. The fourth-order valence-corrected chi connectivity index (χ4v) is 3.12. The molecule has 7 nitrogen and oxygen atoms in total. The molecule has 0 spiro atoms. The standard InChI is InChI=1S/C20H28N2O5/c1-14(2)12-17(19(24)25)21-18(23)16-8-10-22(11-9-16)20(26)27-13-15-6-4-3-5-7-15/h3-7,14,16-17H,8-13H2,1-2H3,(H,21,23)(H,24,25)/t17-/m0/s1. The van der Waals surface area contributed by atoms with Crippen molar-refractivity contribution in [3.8, 4) is 0 Å². The zero-order valence-corrected chi connectivity index (χ0v) is 15.9. The van der Waals surface area contributed by atoms with Crippen LogP contribution in [0, 0.1) is 11.8 Å². The zero-order chi connectivity index (χ0) is 19.8. The molecule has 1 saturated heterocycles. The van der Waals surface area contributed by atoms with Crippen LogP contribution in [-0.4, -0.2) is 47.1 Å². The van der Waals surface area contributed by atoms with Gasteiger partial charge in [-0.2, -0.15) is 0 Å². The fraction of sp³-hybridized carbons (Fsp3) is 0.550. The number of nitrogens with zero attached hydrogens (tertiary/aromatic N) is 1. The van der Waals surface area contributed by atoms with Crippen LogP contribution in [0.4, 0.5) is 4.79 Å². The number of nitrogens with one attached hydrogen (secondary N) is 1. The van der Waals surface area contributed by atoms with E-state index in [2.05, 4.69) is 5.32 Å². The van der Waals surface area contributed by atoms with Crippen LogP contribution in [-0.2, 0) is 20.9 Å². The Morgan fingerprint density at radius 3 is 2.37 bits per heavy atom. The summed E-state index contributed by atoms with van der Waals surface area (Å²) in [6.07, 6.45) is 1.01. The third kappa shape index (κ3) is 6.58. The van der Waals surface area contributed by atoms with Crippen LogP contribution in [0.15, 0.2) is 30.3 Å². The van der Waals surface area contributed by atoms with E-state index in [-0.39, 0.29) is 30.4 Å². The van der Waals surface area contributed by atoms with Crippen molar-refractivity contribution in [3.05, 3.63) is 35.9 Å². The van der Waals surface area contributed by atoms with Crippen LogP contribution in [0.1, 0.15) is 38.7 Å². The maximum absolute atomic E-state index is 12.4. The quantitative estimate of drug-likeness (QED) is 0.763. The Labute approximate surface area is 159 Å². The molecule has 1 aromatic carbocycles. The van der Waals surface area contributed by atoms with Crippen molar-refractivity contribution in [3.63, 3.8) is 0 Å². The number of carbonyl (C=O) groups is 3. The molecule has 27 heavy (non-hydrogen) atoms. The molecule has 1 atom stereocenters. The van der Waals surface area contributed by atoms with Gasteiger partial charge in [0, 0.05) is 19.0 Å². The molecular weight excluding hydrogens is 348 g/mol. The van der Waals surface area contributed by atoms with E-state index in [1.54, 1.807) is 4.90 Å². The van der Waals surface area contributed by atoms with Crippen LogP contribution in [0.3, 0.4) is 0 Å². The molecule has 1 fully saturated rings. The SMILES string of the molecule is CC(C)C[C@H](NC(=O)C1CCN(C(=O)OCc2ccccc2)CC1)C(=O)O. The molecule has 0 bridgehead atoms. The molecule has 7 heteroatoms. The number of carboxylic acids is 1. The van der Waals surface area contributed by atoms with Crippen LogP contribution >= 0.6 is 0 Å². The first-order valence-corrected chi connectivity index (χ1v) is 9.35. The van der Waals surface area contributed by atoms with Crippen molar-refractivity contribution in [1.29, 1.82) is 0 Å². The topological polar surface area (TPSA) is 95.9 Å². The summed E-state index contributed by atoms with van der Waals surface area (Å²) >= 11 is 0. The Kier molecular flexibility index (Phi) is 7.64. The molecule has 148 valence electrons. The Morgan fingerprint density at radius 1 is 1.19 bits per heavy atom. The van der Waals surface area contributed by atoms with Gasteiger partial charge in [-0.1, -0.05) is 44.2 Å². The number of carboxylic acid groups (broad SMARTS) is 1. The number of hydrogen-bond donors (Lipinski definition) is 2. The normalized spacial score (nSPS) is 16.0. The van der Waals surface area contributed by atoms with Crippen molar-refractivity contribution in [2.75, 3.05) is 13.1 Å². The van der Waals surface area contributed by atoms with E-state index >= 15 is 0 Å². The van der Waals surface area contributed by atoms with Crippen molar-refractivity contribution < 1.29 is 24.2 Å². The number of carbonyl (C=O) groups excluding carboxylic acids is 2. The summed E-state index contributed by atoms with van der Waals surface area (Å²) in [6, 6.07) is 8.58. The average molecular weight is 376 g/mol. The summed E-state index contributed by atoms with van der Waals surface area (Å²) < 4.78 is 5.31. The van der Waals surface area contributed by atoms with Gasteiger partial charge in [-0.05, 0) is 30.7 Å². The zero-order valence-electron chi connectivity index (χ0n) is 15.9. The Hall–Kier alpha value is -2.57. The van der Waals surface area contributed by atoms with E-state index in [0.717, 1.165) is 5.56 Å². The summed E-state index contributed by atoms with van der Waals surface area (Å²) in [5, 5.41) is 11.9. The number of hydrogen-bond acceptors (Lipinski definition) is 4. The minimum Gasteiger partial charge on any atom is -0.480 e. The molecule has 1 aliphatic rings. The van der Waals surface area contributed by atoms with E-state index in [1.165, 1.54) is 0 Å². The van der Waals surface area contributed by atoms with Gasteiger partial charge in [-0.25, -0.2) is 9.59 Å². The number of piperidine rings is 1. The Bertz CT molecular complexity index is 639. The number of likely N-dealkylation sites (tertiary alicyclic amines) is 1. The predicted octanol–water partition coefficient (Wildman–Crippen LogP) is 2.65. The maximum Gasteiger partial charge on any atom is 0.410 e. The van der Waals surface area contributed by atoms with Crippen LogP contribution in [0.2, 0.25) is 0 Å². The lowest BCUT2D eigenvalue weighted by atomic mass is 9.95. The minimum absolute atomic E-state index is 0.174. The first kappa shape index (κ1) is 20.7. The molecule has 0 aliphatic carbocycles. The maximum atomic E-state index is 12.4. The summed E-state index contributed by atoms with van der Waals surface area (Å²) in [5.74, 6) is -1.37. The van der Waals surface area contributed by atoms with Gasteiger partial charge in [0.1, 0.15) is 12.6 Å². The first-order chi connectivity index (χ1) is 12.9. The summed E-state index contributed by atoms with van der Waals surface area (Å²) in [7, 11) is 0. The molecule has 1 heterocycles. The van der Waals surface area contributed by atoms with Crippen LogP contribution in [0.25, 0.3) is 0 Å². The molecule has 2 amide bonds. The number of amides is 2. The Morgan fingerprint density at radius 2 is 1.81 bits per heavy atom. The summed E-state index contributed by atoms with van der Waals surface area (Å²) in [4.78, 5) is 37.4. The first-order valence-electron chi connectivity index (χ1n) is 9.35. The van der Waals surface area contributed by atoms with E-state index in [9.17, 15) is 19.5 Å². The van der Waals surface area contributed by atoms with E-state index < -0.39 is 12.0 Å². The minimum atomic E-state index is -1.01. The van der Waals surface area contributed by atoms with Gasteiger partial charge in [0.05, 0.1) is 0 Å². The highest BCUT2D eigenvalue weighted by atomic mass is 16.6. The van der Waals surface area contributed by atoms with Gasteiger partial charge in [0.15, 0.2) is 0 Å². The van der Waals surface area contributed by atoms with Gasteiger partial charge in [-0.3, -0.25) is 4.79 Å². The number of aliphatic carboxylic acids is 1. The van der Waals surface area contributed by atoms with Crippen LogP contribution < -0.4 is 5.32 Å². The highest BCUT2D eigenvalue weighted by Gasteiger charge is 2.30. The van der Waals surface area contributed by atoms with Gasteiger partial charge < -0.3 is 20.1 Å². The van der Waals surface area contributed by atoms with Crippen molar-refractivity contribution in [2.24, 2.45) is 11.8 Å². The third-order valence-corrected chi connectivity index (χ3v) is 4.65. The van der Waals surface area contributed by atoms with Crippen molar-refractivity contribution in [2.45, 2.75) is 45.8 Å². The van der Waals surface area contributed by atoms with E-state index in [1.807, 2.05) is 44.2 Å². The Balaban J connectivity index is 1.77. The van der Waals surface area contributed by atoms with E-state index in [4.69, 9.17) is 4.74 Å². The molecule has 0 aromatic heterocycles. The summed E-state index contributed by atoms with van der Waals surface area (Å²) in [5.41, 5.74) is 0.921. The number of rotatable bonds is 7. The smallest absolute Gasteiger partial charge is 0.410 e. The van der Waals surface area contributed by atoms with E-state index in [0.29, 0.717) is 32.4 Å². The highest BCUT2D eigenvalue weighted by molar-refractivity contribution is 5.85. The predicted molar refractivity (Wildman–Crippen MR) is 99.9 cm³/mol. The molecular formula is C20H28N2O5. The molecule has 2 rings (SSSR count). The van der Waals surface area contributed by atoms with Crippen LogP contribution in [0.5, 0.6) is 0 Å². The van der Waals surface area contributed by atoms with Gasteiger partial charge in [0.25, 0.3) is 0 Å². The largest absolute Gasteiger partial charge is 0.480 e. The second kappa shape index (κ2) is 9.94. The lowest BCUT2D eigenvalue weighted by Gasteiger charge is -2.31. The molecule has 1 aliphatic heterocycles. The van der Waals surface area contributed by atoms with Crippen molar-refractivity contribution >= 4 is 18.0 Å². The van der Waals surface area contributed by atoms with Gasteiger partial charge >= 0.3 is 12.1 Å². The molecule has 0 radical (unpaired) electrons. The molecule has 1 aromatic rings.